The Morgan fingerprint density at radius 1 is 0.881 bits per heavy atom. The van der Waals surface area contributed by atoms with Gasteiger partial charge in [0.05, 0.1) is 5.76 Å². The molecule has 1 N–H and O–H groups in total. The first-order chi connectivity index (χ1) is 19.2. The van der Waals surface area contributed by atoms with Gasteiger partial charge < -0.3 is 10.1 Å². The molecule has 42 heavy (non-hydrogen) atoms. The Hall–Kier alpha value is -3.07. The molecule has 5 rings (SSSR count). The molecule has 0 aliphatic heterocycles. The number of carbonyl (C=O) groups is 1. The molecule has 0 bridgehead atoms. The Kier molecular flexibility index (Phi) is 10.7. The zero-order valence-corrected chi connectivity index (χ0v) is 28.9. The SMILES string of the molecule is CC(C)CC(=O)/C=C(\O)CC(C)C.Cc1c[c-]c2c(c1)-c1cc(C)ccc1-c1cc(C(C)(C)C)cc3ccnc-2c13.[Ir]. The average Bonchev–Trinajstić information content (AvgIpc) is 2.96. The molecular formula is C38H44IrNO2-. The molecule has 1 aromatic heterocycles. The van der Waals surface area contributed by atoms with Gasteiger partial charge in [-0.25, -0.2) is 0 Å². The van der Waals surface area contributed by atoms with Crippen LogP contribution in [0.1, 0.15) is 78.0 Å². The number of benzene rings is 3. The number of allylic oxidation sites excluding steroid dienone is 2. The number of aryl methyl sites for hydroxylation is 2. The number of aromatic nitrogens is 1. The number of fused-ring (bicyclic) bond motifs is 5. The van der Waals surface area contributed by atoms with Crippen molar-refractivity contribution in [3.63, 3.8) is 0 Å². The fraction of sp³-hybridized carbons (Fsp3) is 0.368. The van der Waals surface area contributed by atoms with Gasteiger partial charge >= 0.3 is 0 Å². The van der Waals surface area contributed by atoms with Gasteiger partial charge in [0.25, 0.3) is 0 Å². The molecule has 1 aliphatic rings. The quantitative estimate of drug-likeness (QED) is 0.111. The minimum atomic E-state index is 0. The van der Waals surface area contributed by atoms with Gasteiger partial charge in [0, 0.05) is 45.2 Å². The summed E-state index contributed by atoms with van der Waals surface area (Å²) in [4.78, 5) is 16.0. The van der Waals surface area contributed by atoms with E-state index in [9.17, 15) is 9.90 Å². The summed E-state index contributed by atoms with van der Waals surface area (Å²) in [6, 6.07) is 21.5. The number of nitrogens with zero attached hydrogens (tertiary/aromatic N) is 1. The molecule has 0 spiro atoms. The van der Waals surface area contributed by atoms with E-state index in [1.165, 1.54) is 55.8 Å². The Bertz CT molecular complexity index is 1620. The Morgan fingerprint density at radius 2 is 1.55 bits per heavy atom. The number of ketones is 1. The summed E-state index contributed by atoms with van der Waals surface area (Å²) in [5.74, 6) is 0.979. The number of hydrogen-bond acceptors (Lipinski definition) is 3. The van der Waals surface area contributed by atoms with Gasteiger partial charge in [0.15, 0.2) is 5.78 Å². The van der Waals surface area contributed by atoms with Crippen molar-refractivity contribution in [1.82, 2.24) is 4.98 Å². The standard InChI is InChI=1S/C27H24N.C11H20O2.Ir/c1-16-6-8-20-22(12-16)23-13-17(2)7-9-21(23)26-25-18(10-11-28-26)14-19(15-24(20)25)27(3,4)5;1-8(2)5-10(12)7-11(13)6-9(3)4;/h6-8,10-15H,1-5H3;7-9,12H,5-6H2,1-4H3;/q-1;;/b;10-7-;. The summed E-state index contributed by atoms with van der Waals surface area (Å²) in [6.07, 6.45) is 4.40. The van der Waals surface area contributed by atoms with Gasteiger partial charge in [-0.2, -0.15) is 0 Å². The molecule has 0 fully saturated rings. The molecule has 4 aromatic rings. The summed E-state index contributed by atoms with van der Waals surface area (Å²) in [7, 11) is 0. The number of aliphatic hydroxyl groups excluding tert-OH is 1. The van der Waals surface area contributed by atoms with E-state index in [1.807, 2.05) is 33.9 Å². The van der Waals surface area contributed by atoms with Crippen molar-refractivity contribution in [3.05, 3.63) is 89.3 Å². The zero-order valence-electron chi connectivity index (χ0n) is 26.5. The summed E-state index contributed by atoms with van der Waals surface area (Å²) < 4.78 is 0. The molecule has 0 saturated heterocycles. The Balaban J connectivity index is 0.000000297. The van der Waals surface area contributed by atoms with Gasteiger partial charge in [0.2, 0.25) is 0 Å². The average molecular weight is 739 g/mol. The van der Waals surface area contributed by atoms with Crippen LogP contribution >= 0.6 is 0 Å². The second kappa shape index (κ2) is 13.5. The van der Waals surface area contributed by atoms with Gasteiger partial charge in [0.1, 0.15) is 0 Å². The first kappa shape index (κ1) is 33.4. The summed E-state index contributed by atoms with van der Waals surface area (Å²) in [5, 5.41) is 11.8. The fourth-order valence-electron chi connectivity index (χ4n) is 5.41. The topological polar surface area (TPSA) is 50.2 Å². The van der Waals surface area contributed by atoms with Gasteiger partial charge in [-0.1, -0.05) is 102 Å². The second-order valence-electron chi connectivity index (χ2n) is 13.3. The van der Waals surface area contributed by atoms with Crippen molar-refractivity contribution in [1.29, 1.82) is 0 Å². The van der Waals surface area contributed by atoms with Crippen LogP contribution in [0.3, 0.4) is 0 Å². The van der Waals surface area contributed by atoms with Crippen LogP contribution in [0.25, 0.3) is 44.3 Å². The minimum Gasteiger partial charge on any atom is -0.512 e. The fourth-order valence-corrected chi connectivity index (χ4v) is 5.41. The van der Waals surface area contributed by atoms with Gasteiger partial charge in [-0.05, 0) is 63.4 Å². The second-order valence-corrected chi connectivity index (χ2v) is 13.3. The molecule has 223 valence electrons. The van der Waals surface area contributed by atoms with Crippen molar-refractivity contribution in [2.45, 2.75) is 80.6 Å². The Morgan fingerprint density at radius 3 is 2.19 bits per heavy atom. The van der Waals surface area contributed by atoms with E-state index >= 15 is 0 Å². The number of pyridine rings is 1. The van der Waals surface area contributed by atoms with Crippen molar-refractivity contribution in [2.24, 2.45) is 11.8 Å². The molecule has 3 nitrogen and oxygen atoms in total. The van der Waals surface area contributed by atoms with Gasteiger partial charge in [-0.3, -0.25) is 4.79 Å². The molecule has 3 aromatic carbocycles. The molecule has 0 amide bonds. The van der Waals surface area contributed by atoms with E-state index in [0.29, 0.717) is 24.7 Å². The number of hydrogen-bond donors (Lipinski definition) is 1. The molecule has 1 heterocycles. The molecule has 0 atom stereocenters. The van der Waals surface area contributed by atoms with E-state index in [1.54, 1.807) is 0 Å². The van der Waals surface area contributed by atoms with E-state index in [2.05, 4.69) is 89.2 Å². The van der Waals surface area contributed by atoms with Crippen molar-refractivity contribution in [2.75, 3.05) is 0 Å². The number of aliphatic hydroxyl groups is 1. The monoisotopic (exact) mass is 739 g/mol. The number of rotatable bonds is 5. The van der Waals surface area contributed by atoms with Crippen molar-refractivity contribution >= 4 is 16.6 Å². The van der Waals surface area contributed by atoms with E-state index < -0.39 is 0 Å². The smallest absolute Gasteiger partial charge is 0.159 e. The molecule has 4 heteroatoms. The first-order valence-corrected chi connectivity index (χ1v) is 14.7. The normalized spacial score (nSPS) is 12.2. The third-order valence-electron chi connectivity index (χ3n) is 7.36. The van der Waals surface area contributed by atoms with E-state index in [4.69, 9.17) is 4.98 Å². The molecule has 0 saturated carbocycles. The first-order valence-electron chi connectivity index (χ1n) is 14.7. The number of carbonyl (C=O) groups excluding carboxylic acids is 1. The van der Waals surface area contributed by atoms with Crippen LogP contribution in [0, 0.1) is 31.7 Å². The maximum absolute atomic E-state index is 11.2. The van der Waals surface area contributed by atoms with Crippen LogP contribution < -0.4 is 0 Å². The summed E-state index contributed by atoms with van der Waals surface area (Å²) in [6.45, 7) is 19.1. The predicted molar refractivity (Wildman–Crippen MR) is 173 cm³/mol. The van der Waals surface area contributed by atoms with Crippen LogP contribution in [0.4, 0.5) is 0 Å². The molecule has 0 unspecified atom stereocenters. The zero-order chi connectivity index (χ0) is 30.1. The van der Waals surface area contributed by atoms with E-state index in [0.717, 1.165) is 11.3 Å². The van der Waals surface area contributed by atoms with Crippen LogP contribution in [-0.2, 0) is 30.3 Å². The van der Waals surface area contributed by atoms with E-state index in [-0.39, 0.29) is 37.1 Å². The largest absolute Gasteiger partial charge is 0.512 e. The third-order valence-corrected chi connectivity index (χ3v) is 7.36. The predicted octanol–water partition coefficient (Wildman–Crippen LogP) is 10.4. The van der Waals surface area contributed by atoms with Crippen LogP contribution in [0.5, 0.6) is 0 Å². The Labute approximate surface area is 265 Å². The van der Waals surface area contributed by atoms with Crippen LogP contribution in [0.15, 0.2) is 66.6 Å². The maximum atomic E-state index is 11.2. The maximum Gasteiger partial charge on any atom is 0.159 e. The summed E-state index contributed by atoms with van der Waals surface area (Å²) in [5.41, 5.74) is 11.1. The summed E-state index contributed by atoms with van der Waals surface area (Å²) >= 11 is 0. The molecule has 1 aliphatic carbocycles. The molecule has 1 radical (unpaired) electrons. The van der Waals surface area contributed by atoms with Crippen LogP contribution in [0.2, 0.25) is 0 Å². The van der Waals surface area contributed by atoms with Crippen molar-refractivity contribution in [3.8, 4) is 33.5 Å². The van der Waals surface area contributed by atoms with Crippen LogP contribution in [-0.4, -0.2) is 15.9 Å². The van der Waals surface area contributed by atoms with Gasteiger partial charge in [-0.15, -0.1) is 29.3 Å². The minimum absolute atomic E-state index is 0. The molecular weight excluding hydrogens is 695 g/mol. The van der Waals surface area contributed by atoms with Crippen molar-refractivity contribution < 1.29 is 30.0 Å². The third kappa shape index (κ3) is 7.65.